The van der Waals surface area contributed by atoms with Crippen molar-refractivity contribution in [2.75, 3.05) is 19.8 Å². The lowest BCUT2D eigenvalue weighted by atomic mass is 10.1. The van der Waals surface area contributed by atoms with Gasteiger partial charge in [-0.2, -0.15) is 0 Å². The molecular formula is C13H24O2. The van der Waals surface area contributed by atoms with Crippen molar-refractivity contribution in [1.29, 1.82) is 0 Å². The van der Waals surface area contributed by atoms with Gasteiger partial charge in [-0.15, -0.1) is 6.58 Å². The van der Waals surface area contributed by atoms with Crippen LogP contribution in [0.5, 0.6) is 0 Å². The SMILES string of the molecule is C=CCCCCCCCCOCC1CO1. The highest BCUT2D eigenvalue weighted by Gasteiger charge is 2.21. The normalized spacial score (nSPS) is 19.1. The van der Waals surface area contributed by atoms with Crippen LogP contribution in [0.2, 0.25) is 0 Å². The molecule has 1 aliphatic rings. The summed E-state index contributed by atoms with van der Waals surface area (Å²) in [6.45, 7) is 6.34. The molecule has 1 saturated heterocycles. The van der Waals surface area contributed by atoms with Crippen molar-refractivity contribution in [2.24, 2.45) is 0 Å². The molecule has 88 valence electrons. The molecule has 0 N–H and O–H groups in total. The Bertz CT molecular complexity index is 153. The van der Waals surface area contributed by atoms with E-state index in [1.807, 2.05) is 6.08 Å². The molecule has 0 aromatic rings. The molecule has 1 rings (SSSR count). The highest BCUT2D eigenvalue weighted by Crippen LogP contribution is 2.10. The third kappa shape index (κ3) is 8.64. The summed E-state index contributed by atoms with van der Waals surface area (Å²) in [5, 5.41) is 0. The third-order valence-electron chi connectivity index (χ3n) is 2.65. The molecule has 0 radical (unpaired) electrons. The van der Waals surface area contributed by atoms with E-state index in [2.05, 4.69) is 6.58 Å². The van der Waals surface area contributed by atoms with Gasteiger partial charge in [-0.25, -0.2) is 0 Å². The van der Waals surface area contributed by atoms with E-state index in [0.717, 1.165) is 19.8 Å². The van der Waals surface area contributed by atoms with Gasteiger partial charge in [-0.3, -0.25) is 0 Å². The number of epoxide rings is 1. The van der Waals surface area contributed by atoms with Crippen LogP contribution in [-0.2, 0) is 9.47 Å². The highest BCUT2D eigenvalue weighted by atomic mass is 16.6. The molecule has 0 amide bonds. The molecule has 1 unspecified atom stereocenters. The van der Waals surface area contributed by atoms with Gasteiger partial charge in [0.1, 0.15) is 6.10 Å². The quantitative estimate of drug-likeness (QED) is 0.298. The Morgan fingerprint density at radius 1 is 1.13 bits per heavy atom. The minimum atomic E-state index is 0.420. The van der Waals surface area contributed by atoms with Gasteiger partial charge in [-0.05, 0) is 19.3 Å². The number of hydrogen-bond donors (Lipinski definition) is 0. The standard InChI is InChI=1S/C13H24O2/c1-2-3-4-5-6-7-8-9-10-14-11-13-12-15-13/h2,13H,1,3-12H2. The van der Waals surface area contributed by atoms with Crippen LogP contribution in [0.25, 0.3) is 0 Å². The van der Waals surface area contributed by atoms with Crippen molar-refractivity contribution in [3.63, 3.8) is 0 Å². The largest absolute Gasteiger partial charge is 0.379 e. The molecule has 0 bridgehead atoms. The van der Waals surface area contributed by atoms with Gasteiger partial charge in [0.25, 0.3) is 0 Å². The van der Waals surface area contributed by atoms with Gasteiger partial charge < -0.3 is 9.47 Å². The first-order chi connectivity index (χ1) is 7.43. The molecule has 0 aromatic carbocycles. The summed E-state index contributed by atoms with van der Waals surface area (Å²) >= 11 is 0. The van der Waals surface area contributed by atoms with E-state index < -0.39 is 0 Å². The third-order valence-corrected chi connectivity index (χ3v) is 2.65. The van der Waals surface area contributed by atoms with E-state index in [1.54, 1.807) is 0 Å². The lowest BCUT2D eigenvalue weighted by Crippen LogP contribution is -2.02. The van der Waals surface area contributed by atoms with Gasteiger partial charge in [-0.1, -0.05) is 31.8 Å². The zero-order chi connectivity index (χ0) is 10.8. The van der Waals surface area contributed by atoms with Crippen molar-refractivity contribution in [3.8, 4) is 0 Å². The van der Waals surface area contributed by atoms with E-state index in [4.69, 9.17) is 9.47 Å². The molecule has 1 heterocycles. The number of rotatable bonds is 11. The maximum atomic E-state index is 5.46. The average Bonchev–Trinajstić information content (AvgIpc) is 3.05. The maximum absolute atomic E-state index is 5.46. The lowest BCUT2D eigenvalue weighted by molar-refractivity contribution is 0.113. The molecule has 15 heavy (non-hydrogen) atoms. The second-order valence-electron chi connectivity index (χ2n) is 4.23. The number of allylic oxidation sites excluding steroid dienone is 1. The Morgan fingerprint density at radius 2 is 1.80 bits per heavy atom. The molecule has 2 nitrogen and oxygen atoms in total. The van der Waals surface area contributed by atoms with Gasteiger partial charge >= 0.3 is 0 Å². The molecule has 1 aliphatic heterocycles. The first-order valence-corrected chi connectivity index (χ1v) is 6.23. The summed E-state index contributed by atoms with van der Waals surface area (Å²) in [7, 11) is 0. The minimum absolute atomic E-state index is 0.420. The molecule has 1 atom stereocenters. The molecular weight excluding hydrogens is 188 g/mol. The van der Waals surface area contributed by atoms with Gasteiger partial charge in [0.15, 0.2) is 0 Å². The molecule has 0 aliphatic carbocycles. The van der Waals surface area contributed by atoms with Crippen molar-refractivity contribution in [3.05, 3.63) is 12.7 Å². The van der Waals surface area contributed by atoms with E-state index in [0.29, 0.717) is 6.10 Å². The van der Waals surface area contributed by atoms with E-state index in [1.165, 1.54) is 44.9 Å². The molecule has 0 aromatic heterocycles. The summed E-state index contributed by atoms with van der Waals surface area (Å²) in [5.41, 5.74) is 0. The molecule has 0 spiro atoms. The van der Waals surface area contributed by atoms with Crippen molar-refractivity contribution < 1.29 is 9.47 Å². The number of ether oxygens (including phenoxy) is 2. The Balaban J connectivity index is 1.63. The summed E-state index contributed by atoms with van der Waals surface area (Å²) in [5.74, 6) is 0. The van der Waals surface area contributed by atoms with Gasteiger partial charge in [0.05, 0.1) is 13.2 Å². The smallest absolute Gasteiger partial charge is 0.104 e. The van der Waals surface area contributed by atoms with Crippen LogP contribution in [0, 0.1) is 0 Å². The zero-order valence-electron chi connectivity index (χ0n) is 9.75. The maximum Gasteiger partial charge on any atom is 0.104 e. The van der Waals surface area contributed by atoms with Crippen molar-refractivity contribution >= 4 is 0 Å². The topological polar surface area (TPSA) is 21.8 Å². The van der Waals surface area contributed by atoms with Crippen LogP contribution in [0.4, 0.5) is 0 Å². The predicted octanol–water partition coefficient (Wildman–Crippen LogP) is 3.32. The Morgan fingerprint density at radius 3 is 2.47 bits per heavy atom. The summed E-state index contributed by atoms with van der Waals surface area (Å²) in [4.78, 5) is 0. The molecule has 1 fully saturated rings. The van der Waals surface area contributed by atoms with E-state index >= 15 is 0 Å². The summed E-state index contributed by atoms with van der Waals surface area (Å²) in [6, 6.07) is 0. The summed E-state index contributed by atoms with van der Waals surface area (Å²) < 4.78 is 10.5. The van der Waals surface area contributed by atoms with Gasteiger partial charge in [0.2, 0.25) is 0 Å². The minimum Gasteiger partial charge on any atom is -0.379 e. The molecule has 2 heteroatoms. The van der Waals surface area contributed by atoms with Crippen LogP contribution in [0.15, 0.2) is 12.7 Å². The van der Waals surface area contributed by atoms with Crippen LogP contribution >= 0.6 is 0 Å². The number of hydrogen-bond acceptors (Lipinski definition) is 2. The number of unbranched alkanes of at least 4 members (excludes halogenated alkanes) is 6. The molecule has 0 saturated carbocycles. The lowest BCUT2D eigenvalue weighted by Gasteiger charge is -2.02. The van der Waals surface area contributed by atoms with E-state index in [9.17, 15) is 0 Å². The monoisotopic (exact) mass is 212 g/mol. The first kappa shape index (κ1) is 12.7. The van der Waals surface area contributed by atoms with Crippen LogP contribution in [-0.4, -0.2) is 25.9 Å². The fraction of sp³-hybridized carbons (Fsp3) is 0.846. The van der Waals surface area contributed by atoms with Crippen molar-refractivity contribution in [1.82, 2.24) is 0 Å². The fourth-order valence-corrected chi connectivity index (χ4v) is 1.58. The van der Waals surface area contributed by atoms with Crippen LogP contribution in [0.3, 0.4) is 0 Å². The Labute approximate surface area is 93.7 Å². The second-order valence-corrected chi connectivity index (χ2v) is 4.23. The average molecular weight is 212 g/mol. The van der Waals surface area contributed by atoms with Gasteiger partial charge in [0, 0.05) is 6.61 Å². The first-order valence-electron chi connectivity index (χ1n) is 6.23. The van der Waals surface area contributed by atoms with Crippen LogP contribution in [0.1, 0.15) is 44.9 Å². The van der Waals surface area contributed by atoms with Crippen molar-refractivity contribution in [2.45, 2.75) is 51.0 Å². The van der Waals surface area contributed by atoms with E-state index in [-0.39, 0.29) is 0 Å². The fourth-order valence-electron chi connectivity index (χ4n) is 1.58. The van der Waals surface area contributed by atoms with Crippen LogP contribution < -0.4 is 0 Å². The Kier molecular flexibility index (Phi) is 7.58. The highest BCUT2D eigenvalue weighted by molar-refractivity contribution is 4.67. The Hall–Kier alpha value is -0.340. The predicted molar refractivity (Wildman–Crippen MR) is 63.1 cm³/mol. The zero-order valence-corrected chi connectivity index (χ0v) is 9.75. The summed E-state index contributed by atoms with van der Waals surface area (Å²) in [6.07, 6.45) is 11.5. The second kappa shape index (κ2) is 8.93.